The van der Waals surface area contributed by atoms with E-state index in [0.717, 1.165) is 12.3 Å². The van der Waals surface area contributed by atoms with Crippen molar-refractivity contribution in [1.29, 1.82) is 0 Å². The number of hydrogen-bond donors (Lipinski definition) is 0. The average Bonchev–Trinajstić information content (AvgIpc) is 2.51. The van der Waals surface area contributed by atoms with E-state index in [-0.39, 0.29) is 0 Å². The van der Waals surface area contributed by atoms with Crippen LogP contribution in [-0.2, 0) is 6.42 Å². The van der Waals surface area contributed by atoms with E-state index in [9.17, 15) is 0 Å². The average molecular weight is 187 g/mol. The molecule has 0 saturated carbocycles. The molecule has 2 heteroatoms. The van der Waals surface area contributed by atoms with E-state index in [4.69, 9.17) is 16.0 Å². The molecule has 1 unspecified atom stereocenters. The fourth-order valence-electron chi connectivity index (χ4n) is 1.18. The lowest BCUT2D eigenvalue weighted by molar-refractivity contribution is 0.420. The molecule has 1 atom stereocenters. The highest BCUT2D eigenvalue weighted by Gasteiger charge is 2.12. The quantitative estimate of drug-likeness (QED) is 0.658. The van der Waals surface area contributed by atoms with Crippen molar-refractivity contribution in [1.82, 2.24) is 0 Å². The van der Waals surface area contributed by atoms with Gasteiger partial charge in [-0.1, -0.05) is 13.8 Å². The minimum Gasteiger partial charge on any atom is -0.472 e. The van der Waals surface area contributed by atoms with Crippen molar-refractivity contribution in [2.75, 3.05) is 5.88 Å². The number of alkyl halides is 1. The van der Waals surface area contributed by atoms with Gasteiger partial charge >= 0.3 is 0 Å². The minimum atomic E-state index is 0.560. The Bertz CT molecular complexity index is 204. The second-order valence-corrected chi connectivity index (χ2v) is 3.80. The van der Waals surface area contributed by atoms with Crippen LogP contribution in [0.25, 0.3) is 0 Å². The van der Waals surface area contributed by atoms with Crippen molar-refractivity contribution in [3.8, 4) is 0 Å². The van der Waals surface area contributed by atoms with Gasteiger partial charge in [-0.05, 0) is 29.9 Å². The molecule has 0 aliphatic heterocycles. The van der Waals surface area contributed by atoms with Crippen LogP contribution in [0, 0.1) is 11.8 Å². The summed E-state index contributed by atoms with van der Waals surface area (Å²) in [5.41, 5.74) is 1.24. The first-order valence-electron chi connectivity index (χ1n) is 4.31. The molecule has 12 heavy (non-hydrogen) atoms. The summed E-state index contributed by atoms with van der Waals surface area (Å²) in [6.45, 7) is 4.40. The van der Waals surface area contributed by atoms with E-state index in [1.165, 1.54) is 5.56 Å². The molecule has 0 fully saturated rings. The smallest absolute Gasteiger partial charge is 0.0934 e. The van der Waals surface area contributed by atoms with Gasteiger partial charge in [0.1, 0.15) is 0 Å². The van der Waals surface area contributed by atoms with E-state index in [0.29, 0.717) is 11.8 Å². The third-order valence-electron chi connectivity index (χ3n) is 2.22. The molecule has 0 saturated heterocycles. The van der Waals surface area contributed by atoms with Crippen LogP contribution in [0.15, 0.2) is 23.0 Å². The van der Waals surface area contributed by atoms with Crippen LogP contribution in [0.3, 0.4) is 0 Å². The summed E-state index contributed by atoms with van der Waals surface area (Å²) in [6.07, 6.45) is 4.53. The van der Waals surface area contributed by atoms with E-state index < -0.39 is 0 Å². The molecule has 0 radical (unpaired) electrons. The van der Waals surface area contributed by atoms with Gasteiger partial charge in [0.15, 0.2) is 0 Å². The van der Waals surface area contributed by atoms with Crippen LogP contribution in [0.1, 0.15) is 19.4 Å². The summed E-state index contributed by atoms with van der Waals surface area (Å²) in [7, 11) is 0. The molecule has 0 aliphatic carbocycles. The third-order valence-corrected chi connectivity index (χ3v) is 2.62. The molecule has 1 heterocycles. The van der Waals surface area contributed by atoms with Gasteiger partial charge < -0.3 is 4.42 Å². The van der Waals surface area contributed by atoms with E-state index >= 15 is 0 Å². The van der Waals surface area contributed by atoms with Crippen molar-refractivity contribution in [3.05, 3.63) is 24.2 Å². The van der Waals surface area contributed by atoms with Crippen molar-refractivity contribution in [2.24, 2.45) is 11.8 Å². The highest BCUT2D eigenvalue weighted by Crippen LogP contribution is 2.18. The fourth-order valence-corrected chi connectivity index (χ4v) is 1.65. The van der Waals surface area contributed by atoms with E-state index in [2.05, 4.69) is 13.8 Å². The molecule has 0 amide bonds. The molecule has 68 valence electrons. The largest absolute Gasteiger partial charge is 0.472 e. The molecule has 0 aromatic carbocycles. The highest BCUT2D eigenvalue weighted by atomic mass is 35.5. The van der Waals surface area contributed by atoms with Crippen LogP contribution in [-0.4, -0.2) is 5.88 Å². The standard InChI is InChI=1S/C10H15ClO/c1-8(2)10(6-11)5-9-3-4-12-7-9/h3-4,7-8,10H,5-6H2,1-2H3. The molecule has 1 nitrogen and oxygen atoms in total. The van der Waals surface area contributed by atoms with Crippen LogP contribution in [0.4, 0.5) is 0 Å². The van der Waals surface area contributed by atoms with Gasteiger partial charge in [-0.25, -0.2) is 0 Å². The van der Waals surface area contributed by atoms with Gasteiger partial charge in [-0.3, -0.25) is 0 Å². The Labute approximate surface area is 78.7 Å². The number of rotatable bonds is 4. The maximum absolute atomic E-state index is 5.85. The molecular formula is C10H15ClO. The summed E-state index contributed by atoms with van der Waals surface area (Å²) in [5, 5.41) is 0. The Morgan fingerprint density at radius 1 is 1.50 bits per heavy atom. The normalized spacial score (nSPS) is 13.7. The van der Waals surface area contributed by atoms with Crippen molar-refractivity contribution in [2.45, 2.75) is 20.3 Å². The van der Waals surface area contributed by atoms with Crippen molar-refractivity contribution < 1.29 is 4.42 Å². The summed E-state index contributed by atoms with van der Waals surface area (Å²) in [6, 6.07) is 2.00. The van der Waals surface area contributed by atoms with Gasteiger partial charge in [0, 0.05) is 5.88 Å². The lowest BCUT2D eigenvalue weighted by Crippen LogP contribution is -2.13. The van der Waals surface area contributed by atoms with Gasteiger partial charge in [-0.15, -0.1) is 11.6 Å². The SMILES string of the molecule is CC(C)C(CCl)Cc1ccoc1. The maximum atomic E-state index is 5.85. The molecule has 0 N–H and O–H groups in total. The summed E-state index contributed by atoms with van der Waals surface area (Å²) >= 11 is 5.85. The molecule has 0 spiro atoms. The number of halogens is 1. The predicted molar refractivity (Wildman–Crippen MR) is 51.5 cm³/mol. The van der Waals surface area contributed by atoms with Crippen molar-refractivity contribution in [3.63, 3.8) is 0 Å². The fraction of sp³-hybridized carbons (Fsp3) is 0.600. The highest BCUT2D eigenvalue weighted by molar-refractivity contribution is 6.18. The van der Waals surface area contributed by atoms with Gasteiger partial charge in [-0.2, -0.15) is 0 Å². The summed E-state index contributed by atoms with van der Waals surface area (Å²) < 4.78 is 5.00. The topological polar surface area (TPSA) is 13.1 Å². The van der Waals surface area contributed by atoms with Gasteiger partial charge in [0.05, 0.1) is 12.5 Å². The minimum absolute atomic E-state index is 0.560. The Morgan fingerprint density at radius 2 is 2.25 bits per heavy atom. The number of hydrogen-bond acceptors (Lipinski definition) is 1. The zero-order chi connectivity index (χ0) is 8.97. The lowest BCUT2D eigenvalue weighted by Gasteiger charge is -2.16. The van der Waals surface area contributed by atoms with E-state index in [1.807, 2.05) is 6.07 Å². The van der Waals surface area contributed by atoms with E-state index in [1.54, 1.807) is 12.5 Å². The first-order chi connectivity index (χ1) is 5.74. The zero-order valence-corrected chi connectivity index (χ0v) is 8.34. The molecule has 0 bridgehead atoms. The Kier molecular flexibility index (Phi) is 3.67. The van der Waals surface area contributed by atoms with Gasteiger partial charge in [0.2, 0.25) is 0 Å². The third kappa shape index (κ3) is 2.56. The zero-order valence-electron chi connectivity index (χ0n) is 7.59. The van der Waals surface area contributed by atoms with Crippen LogP contribution < -0.4 is 0 Å². The Balaban J connectivity index is 2.48. The molecular weight excluding hydrogens is 172 g/mol. The second kappa shape index (κ2) is 4.56. The molecule has 0 aliphatic rings. The van der Waals surface area contributed by atoms with Gasteiger partial charge in [0.25, 0.3) is 0 Å². The summed E-state index contributed by atoms with van der Waals surface area (Å²) in [4.78, 5) is 0. The van der Waals surface area contributed by atoms with Crippen molar-refractivity contribution >= 4 is 11.6 Å². The summed E-state index contributed by atoms with van der Waals surface area (Å²) in [5.74, 6) is 1.92. The molecule has 1 aromatic rings. The number of furan rings is 1. The van der Waals surface area contributed by atoms with Crippen LogP contribution in [0.5, 0.6) is 0 Å². The second-order valence-electron chi connectivity index (χ2n) is 3.49. The predicted octanol–water partition coefficient (Wildman–Crippen LogP) is 3.33. The first kappa shape index (κ1) is 9.66. The Hall–Kier alpha value is -0.430. The maximum Gasteiger partial charge on any atom is 0.0934 e. The lowest BCUT2D eigenvalue weighted by atomic mass is 9.92. The molecule has 1 aromatic heterocycles. The molecule has 1 rings (SSSR count). The Morgan fingerprint density at radius 3 is 2.67 bits per heavy atom. The first-order valence-corrected chi connectivity index (χ1v) is 4.84. The van der Waals surface area contributed by atoms with Crippen LogP contribution in [0.2, 0.25) is 0 Å². The van der Waals surface area contributed by atoms with Crippen LogP contribution >= 0.6 is 11.6 Å². The monoisotopic (exact) mass is 186 g/mol.